The molecule has 1 atom stereocenters. The number of aryl methyl sites for hydroxylation is 2. The molecule has 0 aliphatic rings. The second-order valence-electron chi connectivity index (χ2n) is 8.13. The third-order valence-corrected chi connectivity index (χ3v) is 6.03. The maximum Gasteiger partial charge on any atom is 0.329 e. The molecule has 2 amide bonds. The number of nitrogens with one attached hydrogen (secondary N) is 2. The molecule has 3 aromatic rings. The number of para-hydroxylation sites is 1. The molecule has 0 spiro atoms. The van der Waals surface area contributed by atoms with Gasteiger partial charge in [0.25, 0.3) is 11.8 Å². The van der Waals surface area contributed by atoms with E-state index in [0.717, 1.165) is 16.9 Å². The number of carbonyl (C=O) groups is 3. The molecule has 2 aromatic carbocycles. The number of anilines is 1. The topological polar surface area (TPSA) is 102 Å². The molecule has 0 aliphatic heterocycles. The average molecular weight is 495 g/mol. The Bertz CT molecular complexity index is 1190. The zero-order valence-corrected chi connectivity index (χ0v) is 21.1. The van der Waals surface area contributed by atoms with Crippen LogP contribution in [0.2, 0.25) is 0 Å². The Kier molecular flexibility index (Phi) is 9.08. The molecule has 0 saturated carbocycles. The zero-order chi connectivity index (χ0) is 25.4. The fourth-order valence-electron chi connectivity index (χ4n) is 3.57. The first kappa shape index (κ1) is 26.0. The molecular formula is C26H30N4O4S. The summed E-state index contributed by atoms with van der Waals surface area (Å²) in [5.41, 5.74) is 4.26. The third-order valence-electron chi connectivity index (χ3n) is 5.38. The van der Waals surface area contributed by atoms with Crippen molar-refractivity contribution in [2.24, 2.45) is 0 Å². The average Bonchev–Trinajstić information content (AvgIpc) is 3.13. The van der Waals surface area contributed by atoms with Crippen LogP contribution in [0.15, 0.2) is 54.6 Å². The van der Waals surface area contributed by atoms with Gasteiger partial charge in [0.15, 0.2) is 6.61 Å². The number of hydrogen-bond acceptors (Lipinski definition) is 6. The minimum atomic E-state index is -0.854. The van der Waals surface area contributed by atoms with E-state index in [4.69, 9.17) is 4.74 Å². The summed E-state index contributed by atoms with van der Waals surface area (Å²) in [5.74, 6) is -0.841. The Balaban J connectivity index is 1.61. The van der Waals surface area contributed by atoms with E-state index in [-0.39, 0.29) is 5.91 Å². The van der Waals surface area contributed by atoms with Gasteiger partial charge in [0.1, 0.15) is 6.04 Å². The molecule has 1 heterocycles. The lowest BCUT2D eigenvalue weighted by Crippen LogP contribution is -2.43. The summed E-state index contributed by atoms with van der Waals surface area (Å²) in [6.07, 6.45) is 2.31. The van der Waals surface area contributed by atoms with Crippen molar-refractivity contribution in [1.82, 2.24) is 15.1 Å². The van der Waals surface area contributed by atoms with Gasteiger partial charge < -0.3 is 15.4 Å². The monoisotopic (exact) mass is 494 g/mol. The zero-order valence-electron chi connectivity index (χ0n) is 20.3. The molecule has 3 rings (SSSR count). The van der Waals surface area contributed by atoms with Crippen LogP contribution < -0.4 is 10.6 Å². The van der Waals surface area contributed by atoms with Crippen molar-refractivity contribution in [2.75, 3.05) is 23.9 Å². The second kappa shape index (κ2) is 12.2. The summed E-state index contributed by atoms with van der Waals surface area (Å²) >= 11 is 1.55. The number of benzene rings is 2. The lowest BCUT2D eigenvalue weighted by atomic mass is 10.1. The van der Waals surface area contributed by atoms with Crippen LogP contribution in [-0.2, 0) is 14.3 Å². The van der Waals surface area contributed by atoms with Crippen molar-refractivity contribution < 1.29 is 19.1 Å². The van der Waals surface area contributed by atoms with Gasteiger partial charge in [-0.2, -0.15) is 16.9 Å². The molecule has 1 aromatic heterocycles. The minimum absolute atomic E-state index is 0.360. The SMILES string of the molecule is CSCC[C@H](NC(=O)c1cccc(C)c1)C(=O)OCC(=O)Nc1c(C)nn(-c2ccccc2)c1C. The Hall–Kier alpha value is -3.59. The van der Waals surface area contributed by atoms with Gasteiger partial charge in [0.05, 0.1) is 22.8 Å². The van der Waals surface area contributed by atoms with Crippen molar-refractivity contribution in [3.05, 3.63) is 77.1 Å². The van der Waals surface area contributed by atoms with Gasteiger partial charge in [-0.05, 0) is 63.5 Å². The van der Waals surface area contributed by atoms with Crippen molar-refractivity contribution >= 4 is 35.2 Å². The van der Waals surface area contributed by atoms with Crippen LogP contribution >= 0.6 is 11.8 Å². The predicted molar refractivity (Wildman–Crippen MR) is 138 cm³/mol. The van der Waals surface area contributed by atoms with Gasteiger partial charge in [0, 0.05) is 5.56 Å². The fourth-order valence-corrected chi connectivity index (χ4v) is 4.04. The van der Waals surface area contributed by atoms with E-state index in [9.17, 15) is 14.4 Å². The smallest absolute Gasteiger partial charge is 0.329 e. The van der Waals surface area contributed by atoms with Gasteiger partial charge in [-0.1, -0.05) is 35.9 Å². The highest BCUT2D eigenvalue weighted by molar-refractivity contribution is 7.98. The highest BCUT2D eigenvalue weighted by Crippen LogP contribution is 2.22. The maximum atomic E-state index is 12.7. The van der Waals surface area contributed by atoms with Crippen LogP contribution in [0.5, 0.6) is 0 Å². The lowest BCUT2D eigenvalue weighted by Gasteiger charge is -2.17. The van der Waals surface area contributed by atoms with Gasteiger partial charge in [-0.25, -0.2) is 9.48 Å². The molecular weight excluding hydrogens is 464 g/mol. The maximum absolute atomic E-state index is 12.7. The van der Waals surface area contributed by atoms with E-state index in [1.54, 1.807) is 41.6 Å². The Labute approximate surface area is 209 Å². The summed E-state index contributed by atoms with van der Waals surface area (Å²) < 4.78 is 7.01. The lowest BCUT2D eigenvalue weighted by molar-refractivity contribution is -0.149. The van der Waals surface area contributed by atoms with Crippen LogP contribution in [0.4, 0.5) is 5.69 Å². The van der Waals surface area contributed by atoms with Gasteiger partial charge >= 0.3 is 5.97 Å². The number of carbonyl (C=O) groups excluding carboxylic acids is 3. The largest absolute Gasteiger partial charge is 0.454 e. The van der Waals surface area contributed by atoms with E-state index >= 15 is 0 Å². The van der Waals surface area contributed by atoms with Gasteiger partial charge in [-0.15, -0.1) is 0 Å². The van der Waals surface area contributed by atoms with Crippen molar-refractivity contribution in [3.8, 4) is 5.69 Å². The van der Waals surface area contributed by atoms with E-state index in [2.05, 4.69) is 15.7 Å². The number of esters is 1. The van der Waals surface area contributed by atoms with Crippen molar-refractivity contribution in [2.45, 2.75) is 33.2 Å². The third kappa shape index (κ3) is 6.95. The quantitative estimate of drug-likeness (QED) is 0.415. The van der Waals surface area contributed by atoms with Crippen LogP contribution in [0, 0.1) is 20.8 Å². The van der Waals surface area contributed by atoms with Crippen molar-refractivity contribution in [3.63, 3.8) is 0 Å². The number of nitrogens with zero attached hydrogens (tertiary/aromatic N) is 2. The Morgan fingerprint density at radius 2 is 1.80 bits per heavy atom. The summed E-state index contributed by atoms with van der Waals surface area (Å²) in [5, 5.41) is 10.0. The summed E-state index contributed by atoms with van der Waals surface area (Å²) in [6.45, 7) is 5.08. The molecule has 0 radical (unpaired) electrons. The molecule has 2 N–H and O–H groups in total. The van der Waals surface area contributed by atoms with E-state index in [1.165, 1.54) is 0 Å². The van der Waals surface area contributed by atoms with Crippen molar-refractivity contribution in [1.29, 1.82) is 0 Å². The number of aromatic nitrogens is 2. The molecule has 9 heteroatoms. The van der Waals surface area contributed by atoms with E-state index in [1.807, 2.05) is 56.5 Å². The van der Waals surface area contributed by atoms with Gasteiger partial charge in [0.2, 0.25) is 0 Å². The predicted octanol–water partition coefficient (Wildman–Crippen LogP) is 3.83. The molecule has 184 valence electrons. The van der Waals surface area contributed by atoms with Crippen LogP contribution in [0.25, 0.3) is 5.69 Å². The summed E-state index contributed by atoms with van der Waals surface area (Å²) in [4.78, 5) is 37.9. The standard InChI is InChI=1S/C26H30N4O4S/c1-17-9-8-10-20(15-17)25(32)27-22(13-14-35-4)26(33)34-16-23(31)28-24-18(2)29-30(19(24)3)21-11-6-5-7-12-21/h5-12,15,22H,13-14,16H2,1-4H3,(H,27,32)(H,28,31)/t22-/m0/s1. The molecule has 0 aliphatic carbocycles. The molecule has 0 unspecified atom stereocenters. The molecule has 0 fully saturated rings. The molecule has 0 saturated heterocycles. The van der Waals surface area contributed by atoms with Crippen LogP contribution in [-0.4, -0.2) is 52.2 Å². The number of hydrogen-bond donors (Lipinski definition) is 2. The second-order valence-corrected chi connectivity index (χ2v) is 9.11. The number of amides is 2. The molecule has 35 heavy (non-hydrogen) atoms. The number of ether oxygens (including phenoxy) is 1. The Morgan fingerprint density at radius 3 is 2.49 bits per heavy atom. The highest BCUT2D eigenvalue weighted by atomic mass is 32.2. The number of thioether (sulfide) groups is 1. The molecule has 8 nitrogen and oxygen atoms in total. The first-order valence-corrected chi connectivity index (χ1v) is 12.6. The first-order valence-electron chi connectivity index (χ1n) is 11.2. The number of rotatable bonds is 10. The van der Waals surface area contributed by atoms with Gasteiger partial charge in [-0.3, -0.25) is 9.59 Å². The van der Waals surface area contributed by atoms with E-state index in [0.29, 0.717) is 29.1 Å². The van der Waals surface area contributed by atoms with E-state index < -0.39 is 24.5 Å². The van der Waals surface area contributed by atoms with Crippen LogP contribution in [0.1, 0.15) is 33.7 Å². The summed E-state index contributed by atoms with van der Waals surface area (Å²) in [7, 11) is 0. The fraction of sp³-hybridized carbons (Fsp3) is 0.308. The minimum Gasteiger partial charge on any atom is -0.454 e. The normalized spacial score (nSPS) is 11.5. The summed E-state index contributed by atoms with van der Waals surface area (Å²) in [6, 6.07) is 15.8. The van der Waals surface area contributed by atoms with Crippen LogP contribution in [0.3, 0.4) is 0 Å². The molecule has 0 bridgehead atoms. The highest BCUT2D eigenvalue weighted by Gasteiger charge is 2.24. The Morgan fingerprint density at radius 1 is 1.06 bits per heavy atom. The first-order chi connectivity index (χ1) is 16.8.